The summed E-state index contributed by atoms with van der Waals surface area (Å²) < 4.78 is 5.61. The third-order valence-corrected chi connectivity index (χ3v) is 3.06. The second-order valence-electron chi connectivity index (χ2n) is 4.26. The Bertz CT molecular complexity index is 284. The van der Waals surface area contributed by atoms with E-state index < -0.39 is 0 Å². The Morgan fingerprint density at radius 1 is 1.20 bits per heavy atom. The van der Waals surface area contributed by atoms with Crippen LogP contribution in [0.4, 0.5) is 0 Å². The average Bonchev–Trinajstić information content (AvgIpc) is 2.66. The fourth-order valence-corrected chi connectivity index (χ4v) is 2.11. The van der Waals surface area contributed by atoms with Crippen molar-refractivity contribution in [1.29, 1.82) is 0 Å². The monoisotopic (exact) mass is 206 g/mol. The molecule has 15 heavy (non-hydrogen) atoms. The van der Waals surface area contributed by atoms with E-state index in [9.17, 15) is 5.11 Å². The Morgan fingerprint density at radius 3 is 2.67 bits per heavy atom. The van der Waals surface area contributed by atoms with Crippen molar-refractivity contribution in [3.63, 3.8) is 0 Å². The summed E-state index contributed by atoms with van der Waals surface area (Å²) in [6, 6.07) is 10.2. The van der Waals surface area contributed by atoms with Gasteiger partial charge in [-0.25, -0.2) is 0 Å². The molecule has 0 radical (unpaired) electrons. The van der Waals surface area contributed by atoms with Crippen LogP contribution in [0.2, 0.25) is 0 Å². The first-order valence-corrected chi connectivity index (χ1v) is 5.66. The standard InChI is InChI=1S/C13H18O2/c14-13-8-4-7-12(13)10-15-9-11-5-2-1-3-6-11/h1-3,5-6,12-14H,4,7-10H2/t12-,13+/m0/s1. The minimum Gasteiger partial charge on any atom is -0.393 e. The summed E-state index contributed by atoms with van der Waals surface area (Å²) in [5.41, 5.74) is 1.20. The largest absolute Gasteiger partial charge is 0.393 e. The van der Waals surface area contributed by atoms with Gasteiger partial charge >= 0.3 is 0 Å². The van der Waals surface area contributed by atoms with E-state index in [1.165, 1.54) is 5.56 Å². The lowest BCUT2D eigenvalue weighted by atomic mass is 10.1. The summed E-state index contributed by atoms with van der Waals surface area (Å²) in [5.74, 6) is 0.355. The van der Waals surface area contributed by atoms with Gasteiger partial charge in [-0.3, -0.25) is 0 Å². The molecule has 1 saturated carbocycles. The van der Waals surface area contributed by atoms with E-state index in [0.29, 0.717) is 19.1 Å². The van der Waals surface area contributed by atoms with Gasteiger partial charge in [0.05, 0.1) is 19.3 Å². The SMILES string of the molecule is O[C@@H]1CCC[C@H]1COCc1ccccc1. The quantitative estimate of drug-likeness (QED) is 0.819. The molecule has 1 fully saturated rings. The first-order chi connectivity index (χ1) is 7.36. The second kappa shape index (κ2) is 5.29. The van der Waals surface area contributed by atoms with Gasteiger partial charge in [-0.1, -0.05) is 36.8 Å². The molecule has 1 aromatic rings. The van der Waals surface area contributed by atoms with Crippen molar-refractivity contribution in [3.05, 3.63) is 35.9 Å². The first-order valence-electron chi connectivity index (χ1n) is 5.66. The minimum atomic E-state index is -0.138. The normalized spacial score (nSPS) is 25.7. The molecule has 1 aliphatic carbocycles. The van der Waals surface area contributed by atoms with E-state index in [2.05, 4.69) is 12.1 Å². The minimum absolute atomic E-state index is 0.138. The maximum Gasteiger partial charge on any atom is 0.0717 e. The lowest BCUT2D eigenvalue weighted by Gasteiger charge is -2.14. The zero-order valence-corrected chi connectivity index (χ0v) is 8.93. The van der Waals surface area contributed by atoms with Gasteiger partial charge in [-0.05, 0) is 18.4 Å². The number of benzene rings is 1. The van der Waals surface area contributed by atoms with Gasteiger partial charge in [-0.2, -0.15) is 0 Å². The van der Waals surface area contributed by atoms with Crippen molar-refractivity contribution in [3.8, 4) is 0 Å². The molecule has 0 aromatic heterocycles. The predicted octanol–water partition coefficient (Wildman–Crippen LogP) is 2.36. The van der Waals surface area contributed by atoms with Crippen LogP contribution in [0.15, 0.2) is 30.3 Å². The second-order valence-corrected chi connectivity index (χ2v) is 4.26. The Labute approximate surface area is 90.9 Å². The molecule has 1 N–H and O–H groups in total. The molecular formula is C13H18O2. The summed E-state index contributed by atoms with van der Waals surface area (Å²) in [5, 5.41) is 9.61. The molecule has 2 heteroatoms. The van der Waals surface area contributed by atoms with E-state index >= 15 is 0 Å². The van der Waals surface area contributed by atoms with E-state index in [-0.39, 0.29) is 6.10 Å². The summed E-state index contributed by atoms with van der Waals surface area (Å²) in [7, 11) is 0. The van der Waals surface area contributed by atoms with Gasteiger partial charge in [0.25, 0.3) is 0 Å². The molecule has 0 amide bonds. The molecule has 2 rings (SSSR count). The van der Waals surface area contributed by atoms with Crippen LogP contribution < -0.4 is 0 Å². The molecule has 0 bridgehead atoms. The Hall–Kier alpha value is -0.860. The van der Waals surface area contributed by atoms with E-state index in [0.717, 1.165) is 19.3 Å². The van der Waals surface area contributed by atoms with Gasteiger partial charge in [0.1, 0.15) is 0 Å². The van der Waals surface area contributed by atoms with Crippen molar-refractivity contribution in [2.24, 2.45) is 5.92 Å². The maximum atomic E-state index is 9.61. The Morgan fingerprint density at radius 2 is 2.00 bits per heavy atom. The molecule has 0 spiro atoms. The number of rotatable bonds is 4. The van der Waals surface area contributed by atoms with Crippen molar-refractivity contribution < 1.29 is 9.84 Å². The fraction of sp³-hybridized carbons (Fsp3) is 0.538. The lowest BCUT2D eigenvalue weighted by Crippen LogP contribution is -2.18. The van der Waals surface area contributed by atoms with Gasteiger partial charge in [0.2, 0.25) is 0 Å². The topological polar surface area (TPSA) is 29.5 Å². The van der Waals surface area contributed by atoms with Crippen LogP contribution >= 0.6 is 0 Å². The lowest BCUT2D eigenvalue weighted by molar-refractivity contribution is 0.0367. The zero-order valence-electron chi connectivity index (χ0n) is 8.93. The highest BCUT2D eigenvalue weighted by Crippen LogP contribution is 2.25. The Kier molecular flexibility index (Phi) is 3.75. The highest BCUT2D eigenvalue weighted by molar-refractivity contribution is 5.13. The smallest absolute Gasteiger partial charge is 0.0717 e. The molecule has 1 aliphatic rings. The molecule has 0 saturated heterocycles. The molecule has 0 heterocycles. The Balaban J connectivity index is 1.71. The van der Waals surface area contributed by atoms with E-state index in [4.69, 9.17) is 4.74 Å². The summed E-state index contributed by atoms with van der Waals surface area (Å²) in [6.45, 7) is 1.35. The van der Waals surface area contributed by atoms with Gasteiger partial charge in [-0.15, -0.1) is 0 Å². The van der Waals surface area contributed by atoms with Gasteiger partial charge < -0.3 is 9.84 Å². The van der Waals surface area contributed by atoms with Gasteiger partial charge in [0.15, 0.2) is 0 Å². The molecule has 82 valence electrons. The third kappa shape index (κ3) is 3.05. The predicted molar refractivity (Wildman–Crippen MR) is 59.4 cm³/mol. The third-order valence-electron chi connectivity index (χ3n) is 3.06. The van der Waals surface area contributed by atoms with E-state index in [1.807, 2.05) is 18.2 Å². The van der Waals surface area contributed by atoms with E-state index in [1.54, 1.807) is 0 Å². The van der Waals surface area contributed by atoms with Gasteiger partial charge in [0, 0.05) is 5.92 Å². The van der Waals surface area contributed by atoms with Crippen molar-refractivity contribution >= 4 is 0 Å². The molecule has 0 aliphatic heterocycles. The van der Waals surface area contributed by atoms with Crippen LogP contribution in [0.5, 0.6) is 0 Å². The average molecular weight is 206 g/mol. The number of aliphatic hydroxyl groups excluding tert-OH is 1. The molecular weight excluding hydrogens is 188 g/mol. The molecule has 1 aromatic carbocycles. The zero-order chi connectivity index (χ0) is 10.5. The fourth-order valence-electron chi connectivity index (χ4n) is 2.11. The first kappa shape index (κ1) is 10.7. The number of hydrogen-bond acceptors (Lipinski definition) is 2. The van der Waals surface area contributed by atoms with Crippen LogP contribution in [-0.2, 0) is 11.3 Å². The molecule has 0 unspecified atom stereocenters. The van der Waals surface area contributed by atoms with Crippen LogP contribution in [0.3, 0.4) is 0 Å². The van der Waals surface area contributed by atoms with Crippen LogP contribution in [0.1, 0.15) is 24.8 Å². The van der Waals surface area contributed by atoms with Crippen LogP contribution in [0, 0.1) is 5.92 Å². The van der Waals surface area contributed by atoms with Crippen LogP contribution in [0.25, 0.3) is 0 Å². The van der Waals surface area contributed by atoms with Crippen molar-refractivity contribution in [2.75, 3.05) is 6.61 Å². The number of aliphatic hydroxyl groups is 1. The van der Waals surface area contributed by atoms with Crippen molar-refractivity contribution in [2.45, 2.75) is 32.0 Å². The highest BCUT2D eigenvalue weighted by atomic mass is 16.5. The maximum absolute atomic E-state index is 9.61. The highest BCUT2D eigenvalue weighted by Gasteiger charge is 2.24. The number of ether oxygens (including phenoxy) is 1. The summed E-state index contributed by atoms with van der Waals surface area (Å²) >= 11 is 0. The van der Waals surface area contributed by atoms with Crippen molar-refractivity contribution in [1.82, 2.24) is 0 Å². The van der Waals surface area contributed by atoms with Crippen LogP contribution in [-0.4, -0.2) is 17.8 Å². The summed E-state index contributed by atoms with van der Waals surface area (Å²) in [6.07, 6.45) is 3.05. The number of hydrogen-bond donors (Lipinski definition) is 1. The molecule has 2 nitrogen and oxygen atoms in total. The summed E-state index contributed by atoms with van der Waals surface area (Å²) in [4.78, 5) is 0. The molecule has 2 atom stereocenters.